The third-order valence-corrected chi connectivity index (χ3v) is 4.18. The van der Waals surface area contributed by atoms with E-state index in [4.69, 9.17) is 9.47 Å². The van der Waals surface area contributed by atoms with Gasteiger partial charge in [-0.15, -0.1) is 0 Å². The highest BCUT2D eigenvalue weighted by Gasteiger charge is 2.06. The third kappa shape index (κ3) is 9.09. The number of rotatable bonds is 11. The second-order valence-electron chi connectivity index (χ2n) is 5.18. The molecule has 1 aromatic rings. The Morgan fingerprint density at radius 1 is 1.04 bits per heavy atom. The molecule has 0 aliphatic heterocycles. The minimum Gasteiger partial charge on any atom is -0.497 e. The van der Waals surface area contributed by atoms with Gasteiger partial charge in [0.2, 0.25) is 0 Å². The maximum absolute atomic E-state index is 11.8. The minimum absolute atomic E-state index is 0.0295. The van der Waals surface area contributed by atoms with Crippen LogP contribution in [0.25, 0.3) is 0 Å². The summed E-state index contributed by atoms with van der Waals surface area (Å²) in [6, 6.07) is 7.65. The van der Waals surface area contributed by atoms with Gasteiger partial charge in [0.1, 0.15) is 23.7 Å². The molecular weight excluding hydrogens is 315 g/mol. The summed E-state index contributed by atoms with van der Waals surface area (Å²) in [5, 5.41) is 0. The summed E-state index contributed by atoms with van der Waals surface area (Å²) in [4.78, 5) is 33.8. The Bertz CT molecular complexity index is 524. The highest BCUT2D eigenvalue weighted by atomic mass is 31.1. The van der Waals surface area contributed by atoms with Gasteiger partial charge in [-0.3, -0.25) is 9.59 Å². The number of ketones is 2. The number of carbonyl (C=O) groups excluding carboxylic acids is 3. The van der Waals surface area contributed by atoms with Crippen molar-refractivity contribution in [1.29, 1.82) is 0 Å². The monoisotopic (exact) mass is 338 g/mol. The maximum Gasteiger partial charge on any atom is 0.306 e. The number of methoxy groups -OCH3 is 1. The van der Waals surface area contributed by atoms with Gasteiger partial charge in [-0.25, -0.2) is 0 Å². The van der Waals surface area contributed by atoms with E-state index >= 15 is 0 Å². The van der Waals surface area contributed by atoms with Gasteiger partial charge in [0.25, 0.3) is 0 Å². The number of benzene rings is 1. The Hall–Kier alpha value is -1.74. The van der Waals surface area contributed by atoms with Crippen molar-refractivity contribution < 1.29 is 23.9 Å². The van der Waals surface area contributed by atoms with Crippen LogP contribution in [0.2, 0.25) is 0 Å². The Balaban J connectivity index is 2.12. The molecule has 6 heteroatoms. The average Bonchev–Trinajstić information content (AvgIpc) is 2.55. The molecule has 0 radical (unpaired) electrons. The second-order valence-corrected chi connectivity index (χ2v) is 6.32. The van der Waals surface area contributed by atoms with Gasteiger partial charge in [-0.05, 0) is 31.0 Å². The van der Waals surface area contributed by atoms with Crippen molar-refractivity contribution in [3.63, 3.8) is 0 Å². The standard InChI is InChI=1S/C17H23O5P/c1-13(18)3-10-17(20)22-12-23-11-15(19)7-4-14-5-8-16(21-2)9-6-14/h5-6,8-9,23H,3-4,7,10-12H2,1-2H3. The molecule has 1 atom stereocenters. The lowest BCUT2D eigenvalue weighted by Gasteiger charge is -2.05. The first-order valence-electron chi connectivity index (χ1n) is 7.51. The number of carbonyl (C=O) groups is 3. The third-order valence-electron chi connectivity index (χ3n) is 3.19. The molecule has 0 N–H and O–H groups in total. The van der Waals surface area contributed by atoms with E-state index in [1.165, 1.54) is 6.92 Å². The summed E-state index contributed by atoms with van der Waals surface area (Å²) in [7, 11) is 1.89. The Morgan fingerprint density at radius 3 is 2.35 bits per heavy atom. The number of esters is 1. The summed E-state index contributed by atoms with van der Waals surface area (Å²) in [6.45, 7) is 1.44. The molecule has 0 spiro atoms. The lowest BCUT2D eigenvalue weighted by molar-refractivity contribution is -0.142. The molecule has 0 fully saturated rings. The molecule has 126 valence electrons. The van der Waals surface area contributed by atoms with Gasteiger partial charge in [0.05, 0.1) is 13.5 Å². The van der Waals surface area contributed by atoms with Gasteiger partial charge in [0.15, 0.2) is 0 Å². The molecule has 0 aromatic heterocycles. The number of hydrogen-bond donors (Lipinski definition) is 0. The normalized spacial score (nSPS) is 10.7. The van der Waals surface area contributed by atoms with Gasteiger partial charge < -0.3 is 14.3 Å². The van der Waals surface area contributed by atoms with E-state index in [-0.39, 0.29) is 45.3 Å². The number of Topliss-reactive ketones (excluding diaryl/α,β-unsaturated/α-hetero) is 2. The van der Waals surface area contributed by atoms with E-state index in [1.807, 2.05) is 24.3 Å². The highest BCUT2D eigenvalue weighted by Crippen LogP contribution is 2.15. The largest absolute Gasteiger partial charge is 0.497 e. The van der Waals surface area contributed by atoms with Crippen molar-refractivity contribution in [2.75, 3.05) is 19.6 Å². The fourth-order valence-corrected chi connectivity index (χ4v) is 2.66. The van der Waals surface area contributed by atoms with E-state index in [9.17, 15) is 14.4 Å². The Labute approximate surface area is 138 Å². The lowest BCUT2D eigenvalue weighted by atomic mass is 10.1. The zero-order valence-electron chi connectivity index (χ0n) is 13.6. The number of ether oxygens (including phenoxy) is 2. The summed E-state index contributed by atoms with van der Waals surface area (Å²) in [5.74, 6) is 0.559. The summed E-state index contributed by atoms with van der Waals surface area (Å²) < 4.78 is 10.1. The lowest BCUT2D eigenvalue weighted by Crippen LogP contribution is -2.07. The van der Waals surface area contributed by atoms with Crippen LogP contribution in [0.3, 0.4) is 0 Å². The van der Waals surface area contributed by atoms with Crippen LogP contribution in [0.5, 0.6) is 5.75 Å². The molecule has 0 bridgehead atoms. The molecule has 0 aliphatic rings. The first kappa shape index (κ1) is 19.3. The predicted octanol–water partition coefficient (Wildman–Crippen LogP) is 2.75. The molecule has 0 aliphatic carbocycles. The molecule has 0 saturated heterocycles. The van der Waals surface area contributed by atoms with Crippen LogP contribution < -0.4 is 4.74 Å². The molecule has 1 aromatic carbocycles. The zero-order valence-corrected chi connectivity index (χ0v) is 14.6. The van der Waals surface area contributed by atoms with Crippen LogP contribution in [-0.2, 0) is 25.5 Å². The average molecular weight is 338 g/mol. The van der Waals surface area contributed by atoms with Crippen molar-refractivity contribution in [3.05, 3.63) is 29.8 Å². The van der Waals surface area contributed by atoms with Gasteiger partial charge in [0, 0.05) is 19.0 Å². The fourth-order valence-electron chi connectivity index (χ4n) is 1.84. The van der Waals surface area contributed by atoms with E-state index in [2.05, 4.69) is 0 Å². The molecule has 23 heavy (non-hydrogen) atoms. The summed E-state index contributed by atoms with van der Waals surface area (Å²) in [5.41, 5.74) is 1.10. The van der Waals surface area contributed by atoms with Crippen molar-refractivity contribution in [1.82, 2.24) is 0 Å². The first-order valence-corrected chi connectivity index (χ1v) is 8.93. The van der Waals surface area contributed by atoms with Crippen LogP contribution in [-0.4, -0.2) is 37.2 Å². The molecular formula is C17H23O5P. The highest BCUT2D eigenvalue weighted by molar-refractivity contribution is 7.39. The minimum atomic E-state index is -0.376. The predicted molar refractivity (Wildman–Crippen MR) is 90.4 cm³/mol. The second kappa shape index (κ2) is 10.9. The van der Waals surface area contributed by atoms with Crippen LogP contribution in [0, 0.1) is 0 Å². The van der Waals surface area contributed by atoms with E-state index in [0.717, 1.165) is 11.3 Å². The first-order chi connectivity index (χ1) is 11.0. The van der Waals surface area contributed by atoms with Crippen molar-refractivity contribution in [2.24, 2.45) is 0 Å². The fraction of sp³-hybridized carbons (Fsp3) is 0.471. The number of hydrogen-bond acceptors (Lipinski definition) is 5. The van der Waals surface area contributed by atoms with Crippen molar-refractivity contribution in [2.45, 2.75) is 32.6 Å². The molecule has 5 nitrogen and oxygen atoms in total. The molecule has 0 saturated carbocycles. The topological polar surface area (TPSA) is 69.7 Å². The number of aryl methyl sites for hydroxylation is 1. The SMILES string of the molecule is COc1ccc(CCC(=O)CPCOC(=O)CCC(C)=O)cc1. The molecule has 1 unspecified atom stereocenters. The van der Waals surface area contributed by atoms with Crippen molar-refractivity contribution in [3.8, 4) is 5.75 Å². The van der Waals surface area contributed by atoms with Crippen LogP contribution in [0.1, 0.15) is 31.7 Å². The van der Waals surface area contributed by atoms with Crippen molar-refractivity contribution >= 4 is 26.1 Å². The van der Waals surface area contributed by atoms with Crippen LogP contribution >= 0.6 is 8.58 Å². The summed E-state index contributed by atoms with van der Waals surface area (Å²) >= 11 is 0. The summed E-state index contributed by atoms with van der Waals surface area (Å²) in [6.07, 6.45) is 2.19. The molecule has 1 rings (SSSR count). The smallest absolute Gasteiger partial charge is 0.306 e. The Kier molecular flexibility index (Phi) is 9.15. The van der Waals surface area contributed by atoms with Gasteiger partial charge in [-0.1, -0.05) is 20.7 Å². The maximum atomic E-state index is 11.8. The zero-order chi connectivity index (χ0) is 17.1. The Morgan fingerprint density at radius 2 is 1.74 bits per heavy atom. The van der Waals surface area contributed by atoms with E-state index < -0.39 is 0 Å². The molecule has 0 heterocycles. The molecule has 0 amide bonds. The van der Waals surface area contributed by atoms with Gasteiger partial charge in [-0.2, -0.15) is 0 Å². The van der Waals surface area contributed by atoms with Crippen LogP contribution in [0.15, 0.2) is 24.3 Å². The van der Waals surface area contributed by atoms with E-state index in [0.29, 0.717) is 19.0 Å². The van der Waals surface area contributed by atoms with Crippen LogP contribution in [0.4, 0.5) is 0 Å². The quantitative estimate of drug-likeness (QED) is 0.352. The van der Waals surface area contributed by atoms with Gasteiger partial charge >= 0.3 is 5.97 Å². The van der Waals surface area contributed by atoms with E-state index in [1.54, 1.807) is 7.11 Å².